The number of carbonyl (C=O) groups is 6. The van der Waals surface area contributed by atoms with Crippen LogP contribution < -0.4 is 27.0 Å². The Balaban J connectivity index is 1.96. The van der Waals surface area contributed by atoms with Gasteiger partial charge in [-0.15, -0.1) is 0 Å². The van der Waals surface area contributed by atoms with E-state index in [4.69, 9.17) is 19.5 Å². The molecular weight excluding hydrogens is 695 g/mol. The van der Waals surface area contributed by atoms with Gasteiger partial charge in [0.25, 0.3) is 0 Å². The molecule has 2 aliphatic rings. The SMILES string of the molecule is CC(=O)N1C[C@H]2C[C@H]1C(=O)N[C@@H](CC(C)C)C(=O)N[C@@H](Cc1cnc[nH]1)C(=O)N[C@@H](CO)C(=O)N[C@H](C(N)=O)[C@@H](C)OP(=O)(O)OCC/C=C\O2. The van der Waals surface area contributed by atoms with Crippen LogP contribution in [0, 0.1) is 5.92 Å². The molecule has 8 atom stereocenters. The number of aliphatic hydroxyl groups is 1. The molecule has 1 fully saturated rings. The number of nitrogens with one attached hydrogen (secondary N) is 5. The number of likely N-dealkylation sites (tertiary alicyclic amines) is 1. The lowest BCUT2D eigenvalue weighted by Gasteiger charge is -2.28. The maximum atomic E-state index is 13.7. The van der Waals surface area contributed by atoms with Crippen LogP contribution >= 0.6 is 7.82 Å². The number of H-pyrrole nitrogens is 1. The lowest BCUT2D eigenvalue weighted by Crippen LogP contribution is -2.61. The number of ether oxygens (including phenoxy) is 1. The molecule has 0 spiro atoms. The summed E-state index contributed by atoms with van der Waals surface area (Å²) in [5.41, 5.74) is 5.83. The largest absolute Gasteiger partial charge is 0.496 e. The van der Waals surface area contributed by atoms with Crippen LogP contribution in [0.2, 0.25) is 0 Å². The second-order valence-corrected chi connectivity index (χ2v) is 14.0. The molecule has 0 aromatic carbocycles. The molecule has 0 saturated carbocycles. The Morgan fingerprint density at radius 1 is 1.06 bits per heavy atom. The zero-order valence-corrected chi connectivity index (χ0v) is 29.7. The quantitative estimate of drug-likeness (QED) is 0.145. The Hall–Kier alpha value is -4.36. The van der Waals surface area contributed by atoms with E-state index in [2.05, 4.69) is 31.2 Å². The van der Waals surface area contributed by atoms with E-state index in [-0.39, 0.29) is 44.8 Å². The number of hydrogen-bond acceptors (Lipinski definition) is 12. The van der Waals surface area contributed by atoms with Crippen LogP contribution in [0.25, 0.3) is 0 Å². The van der Waals surface area contributed by atoms with E-state index in [9.17, 15) is 43.3 Å². The van der Waals surface area contributed by atoms with Crippen molar-refractivity contribution in [3.05, 3.63) is 30.6 Å². The fourth-order valence-corrected chi connectivity index (χ4v) is 6.41. The van der Waals surface area contributed by atoms with Crippen molar-refractivity contribution in [3.8, 4) is 0 Å². The van der Waals surface area contributed by atoms with Crippen molar-refractivity contribution < 1.29 is 57.1 Å². The summed E-state index contributed by atoms with van der Waals surface area (Å²) in [6.07, 6.45) is 3.58. The van der Waals surface area contributed by atoms with Crippen molar-refractivity contribution in [1.82, 2.24) is 36.1 Å². The van der Waals surface area contributed by atoms with E-state index in [1.165, 1.54) is 43.6 Å². The van der Waals surface area contributed by atoms with Gasteiger partial charge in [-0.05, 0) is 31.8 Å². The lowest BCUT2D eigenvalue weighted by molar-refractivity contribution is -0.139. The molecule has 20 nitrogen and oxygen atoms in total. The van der Waals surface area contributed by atoms with Crippen LogP contribution in [0.15, 0.2) is 24.9 Å². The summed E-state index contributed by atoms with van der Waals surface area (Å²) >= 11 is 0. The molecule has 1 aromatic rings. The van der Waals surface area contributed by atoms with Gasteiger partial charge < -0.3 is 51.6 Å². The number of primary amides is 1. The standard InChI is InChI=1S/C30H47N8O12P/c1-16(2)9-21-27(42)34-22(10-19-12-32-15-33-19)28(43)36-23(14-39)29(44)37-25(26(31)41)17(3)50-51(46,47)49-8-6-5-7-48-20-11-24(30(45)35-21)38(13-20)18(4)40/h5,7,12,15-17,20-25,39H,6,8-11,13-14H2,1-4H3,(H2,31,41)(H,32,33)(H,34,42)(H,35,45)(H,36,43)(H,37,44)(H,46,47)/b7-5-/t17-,20-,21+,22+,23+,24+,25+/m1/s1. The van der Waals surface area contributed by atoms with Gasteiger partial charge in [0, 0.05) is 31.7 Å². The highest BCUT2D eigenvalue weighted by atomic mass is 31.2. The van der Waals surface area contributed by atoms with Crippen molar-refractivity contribution in [2.24, 2.45) is 11.7 Å². The molecule has 9 N–H and O–H groups in total. The fraction of sp³-hybridized carbons (Fsp3) is 0.633. The number of rotatable bonds is 6. The number of aromatic amines is 1. The summed E-state index contributed by atoms with van der Waals surface area (Å²) in [4.78, 5) is 97.0. The van der Waals surface area contributed by atoms with Crippen LogP contribution in [0.4, 0.5) is 0 Å². The van der Waals surface area contributed by atoms with Crippen LogP contribution in [0.5, 0.6) is 0 Å². The minimum atomic E-state index is -4.80. The van der Waals surface area contributed by atoms with Crippen LogP contribution in [-0.4, -0.2) is 122 Å². The molecule has 0 aliphatic carbocycles. The normalized spacial score (nSPS) is 31.4. The first-order valence-electron chi connectivity index (χ1n) is 16.3. The first-order chi connectivity index (χ1) is 24.0. The van der Waals surface area contributed by atoms with Gasteiger partial charge in [-0.2, -0.15) is 0 Å². The summed E-state index contributed by atoms with van der Waals surface area (Å²) in [6.45, 7) is 4.89. The molecule has 284 valence electrons. The number of aliphatic hydroxyl groups excluding tert-OH is 1. The highest BCUT2D eigenvalue weighted by Crippen LogP contribution is 2.45. The van der Waals surface area contributed by atoms with Crippen LogP contribution in [-0.2, 0) is 53.5 Å². The van der Waals surface area contributed by atoms with Crippen LogP contribution in [0.3, 0.4) is 0 Å². The Morgan fingerprint density at radius 2 is 1.71 bits per heavy atom. The topological polar surface area (TPSA) is 294 Å². The van der Waals surface area contributed by atoms with Gasteiger partial charge in [0.05, 0.1) is 38.5 Å². The van der Waals surface area contributed by atoms with E-state index in [1.54, 1.807) is 0 Å². The molecule has 3 heterocycles. The van der Waals surface area contributed by atoms with Gasteiger partial charge in [0.15, 0.2) is 0 Å². The number of hydrogen-bond donors (Lipinski definition) is 8. The number of aromatic nitrogens is 2. The van der Waals surface area contributed by atoms with Crippen LogP contribution in [0.1, 0.15) is 52.7 Å². The molecule has 3 rings (SSSR count). The van der Waals surface area contributed by atoms with Gasteiger partial charge in [-0.1, -0.05) is 13.8 Å². The zero-order chi connectivity index (χ0) is 37.9. The Kier molecular flexibility index (Phi) is 15.1. The Morgan fingerprint density at radius 3 is 2.31 bits per heavy atom. The summed E-state index contributed by atoms with van der Waals surface area (Å²) in [5.74, 6) is -5.07. The van der Waals surface area contributed by atoms with Crippen molar-refractivity contribution in [3.63, 3.8) is 0 Å². The summed E-state index contributed by atoms with van der Waals surface area (Å²) < 4.78 is 28.3. The van der Waals surface area contributed by atoms with E-state index in [1.807, 2.05) is 13.8 Å². The van der Waals surface area contributed by atoms with Gasteiger partial charge in [-0.25, -0.2) is 9.55 Å². The number of fused-ring (bicyclic) bond motifs is 2. The van der Waals surface area contributed by atoms with E-state index in [0.717, 1.165) is 0 Å². The number of amides is 6. The average Bonchev–Trinajstić information content (AvgIpc) is 3.72. The van der Waals surface area contributed by atoms with Gasteiger partial charge in [-0.3, -0.25) is 37.8 Å². The third kappa shape index (κ3) is 12.4. The fourth-order valence-electron chi connectivity index (χ4n) is 5.47. The number of nitrogens with two attached hydrogens (primary N) is 1. The van der Waals surface area contributed by atoms with Gasteiger partial charge in [0.2, 0.25) is 35.4 Å². The molecular formula is C30H47N8O12P. The lowest BCUT2D eigenvalue weighted by atomic mass is 10.0. The van der Waals surface area contributed by atoms with Crippen molar-refractivity contribution >= 4 is 43.3 Å². The van der Waals surface area contributed by atoms with E-state index < -0.39 is 92.3 Å². The highest BCUT2D eigenvalue weighted by molar-refractivity contribution is 7.47. The van der Waals surface area contributed by atoms with Gasteiger partial charge >= 0.3 is 7.82 Å². The summed E-state index contributed by atoms with van der Waals surface area (Å²) in [6, 6.07) is -6.91. The first kappa shape index (κ1) is 41.1. The average molecular weight is 743 g/mol. The smallest absolute Gasteiger partial charge is 0.472 e. The number of imidazole rings is 1. The number of phosphoric acid groups is 1. The molecule has 1 unspecified atom stereocenters. The van der Waals surface area contributed by atoms with Crippen molar-refractivity contribution in [2.75, 3.05) is 19.8 Å². The monoisotopic (exact) mass is 742 g/mol. The maximum Gasteiger partial charge on any atom is 0.472 e. The van der Waals surface area contributed by atoms with Gasteiger partial charge in [0.1, 0.15) is 36.3 Å². The highest BCUT2D eigenvalue weighted by Gasteiger charge is 2.41. The molecule has 1 saturated heterocycles. The number of phosphoric ester groups is 1. The van der Waals surface area contributed by atoms with Crippen molar-refractivity contribution in [1.29, 1.82) is 0 Å². The molecule has 0 radical (unpaired) electrons. The molecule has 21 heteroatoms. The molecule has 51 heavy (non-hydrogen) atoms. The first-order valence-corrected chi connectivity index (χ1v) is 17.8. The van der Waals surface area contributed by atoms with Crippen molar-refractivity contribution in [2.45, 2.75) is 95.8 Å². The predicted molar refractivity (Wildman–Crippen MR) is 176 cm³/mol. The third-order valence-electron chi connectivity index (χ3n) is 8.02. The molecule has 2 aliphatic heterocycles. The third-order valence-corrected chi connectivity index (χ3v) is 9.12. The Labute approximate surface area is 294 Å². The second-order valence-electron chi connectivity index (χ2n) is 12.6. The predicted octanol–water partition coefficient (Wildman–Crippen LogP) is -2.14. The van der Waals surface area contributed by atoms with E-state index in [0.29, 0.717) is 5.69 Å². The minimum Gasteiger partial charge on any atom is -0.496 e. The summed E-state index contributed by atoms with van der Waals surface area (Å²) in [7, 11) is -4.80. The molecule has 2 bridgehead atoms. The number of carbonyl (C=O) groups excluding carboxylic acids is 6. The minimum absolute atomic E-state index is 0.0660. The maximum absolute atomic E-state index is 13.7. The summed E-state index contributed by atoms with van der Waals surface area (Å²) in [5, 5.41) is 19.9. The number of nitrogens with zero attached hydrogens (tertiary/aromatic N) is 2. The molecule has 1 aromatic heterocycles. The Bertz CT molecular complexity index is 1470. The van der Waals surface area contributed by atoms with E-state index >= 15 is 0 Å². The molecule has 6 amide bonds. The second kappa shape index (κ2) is 18.8. The zero-order valence-electron chi connectivity index (χ0n) is 28.8.